The van der Waals surface area contributed by atoms with Crippen LogP contribution in [0.3, 0.4) is 0 Å². The zero-order chi connectivity index (χ0) is 9.94. The van der Waals surface area contributed by atoms with Gasteiger partial charge in [0.15, 0.2) is 0 Å². The SMILES string of the molecule is SCCCSCC(CS)SCCS. The molecule has 80 valence electrons. The lowest BCUT2D eigenvalue weighted by Gasteiger charge is -2.12. The first kappa shape index (κ1) is 14.8. The van der Waals surface area contributed by atoms with Crippen molar-refractivity contribution in [3.8, 4) is 0 Å². The van der Waals surface area contributed by atoms with Gasteiger partial charge in [-0.2, -0.15) is 61.4 Å². The highest BCUT2D eigenvalue weighted by Crippen LogP contribution is 2.18. The van der Waals surface area contributed by atoms with Gasteiger partial charge in [-0.15, -0.1) is 0 Å². The van der Waals surface area contributed by atoms with Gasteiger partial charge in [-0.05, 0) is 23.7 Å². The molecule has 0 aromatic carbocycles. The number of hydrogen-bond acceptors (Lipinski definition) is 5. The highest BCUT2D eigenvalue weighted by atomic mass is 32.2. The molecule has 0 N–H and O–H groups in total. The predicted octanol–water partition coefficient (Wildman–Crippen LogP) is 3.00. The molecule has 0 fully saturated rings. The molecule has 0 radical (unpaired) electrons. The summed E-state index contributed by atoms with van der Waals surface area (Å²) in [5.74, 6) is 6.54. The van der Waals surface area contributed by atoms with Crippen LogP contribution in [0.15, 0.2) is 0 Å². The highest BCUT2D eigenvalue weighted by molar-refractivity contribution is 8.04. The van der Waals surface area contributed by atoms with Crippen molar-refractivity contribution in [2.45, 2.75) is 11.7 Å². The smallest absolute Gasteiger partial charge is 0.0226 e. The van der Waals surface area contributed by atoms with E-state index in [0.29, 0.717) is 5.25 Å². The van der Waals surface area contributed by atoms with E-state index in [9.17, 15) is 0 Å². The maximum Gasteiger partial charge on any atom is 0.0226 e. The third-order valence-electron chi connectivity index (χ3n) is 1.40. The molecule has 1 unspecified atom stereocenters. The maximum absolute atomic E-state index is 4.34. The molecular formula is C8H18S5. The van der Waals surface area contributed by atoms with Crippen molar-refractivity contribution in [1.29, 1.82) is 0 Å². The molecule has 0 aliphatic rings. The summed E-state index contributed by atoms with van der Waals surface area (Å²) in [7, 11) is 0. The van der Waals surface area contributed by atoms with Crippen molar-refractivity contribution in [2.24, 2.45) is 0 Å². The summed E-state index contributed by atoms with van der Waals surface area (Å²) < 4.78 is 0. The van der Waals surface area contributed by atoms with Gasteiger partial charge >= 0.3 is 0 Å². The van der Waals surface area contributed by atoms with Crippen molar-refractivity contribution < 1.29 is 0 Å². The molecule has 0 nitrogen and oxygen atoms in total. The first-order valence-corrected chi connectivity index (χ1v) is 8.47. The molecule has 5 heteroatoms. The Morgan fingerprint density at radius 3 is 2.31 bits per heavy atom. The van der Waals surface area contributed by atoms with Gasteiger partial charge in [-0.1, -0.05) is 0 Å². The third kappa shape index (κ3) is 10.0. The molecule has 0 amide bonds. The van der Waals surface area contributed by atoms with E-state index in [2.05, 4.69) is 37.9 Å². The summed E-state index contributed by atoms with van der Waals surface area (Å²) in [6.07, 6.45) is 1.21. The van der Waals surface area contributed by atoms with E-state index in [4.69, 9.17) is 0 Å². The standard InChI is InChI=1S/C8H18S5/c9-2-1-4-12-7-8(6-11)13-5-3-10/h8-11H,1-7H2. The van der Waals surface area contributed by atoms with Gasteiger partial charge in [0.25, 0.3) is 0 Å². The predicted molar refractivity (Wildman–Crippen MR) is 79.7 cm³/mol. The van der Waals surface area contributed by atoms with E-state index in [1.165, 1.54) is 17.9 Å². The quantitative estimate of drug-likeness (QED) is 0.437. The molecule has 0 saturated heterocycles. The summed E-state index contributed by atoms with van der Waals surface area (Å²) in [6, 6.07) is 0. The molecule has 13 heavy (non-hydrogen) atoms. The summed E-state index contributed by atoms with van der Waals surface area (Å²) in [4.78, 5) is 0. The lowest BCUT2D eigenvalue weighted by Crippen LogP contribution is -2.10. The third-order valence-corrected chi connectivity index (χ3v) is 5.60. The van der Waals surface area contributed by atoms with Gasteiger partial charge < -0.3 is 0 Å². The summed E-state index contributed by atoms with van der Waals surface area (Å²) >= 11 is 16.7. The van der Waals surface area contributed by atoms with E-state index in [1.54, 1.807) is 0 Å². The monoisotopic (exact) mass is 274 g/mol. The van der Waals surface area contributed by atoms with Gasteiger partial charge in [-0.25, -0.2) is 0 Å². The average molecular weight is 275 g/mol. The molecule has 0 aromatic heterocycles. The lowest BCUT2D eigenvalue weighted by atomic mass is 10.5. The number of thioether (sulfide) groups is 2. The molecule has 0 bridgehead atoms. The van der Waals surface area contributed by atoms with E-state index >= 15 is 0 Å². The molecular weight excluding hydrogens is 256 g/mol. The number of rotatable bonds is 9. The fourth-order valence-corrected chi connectivity index (χ4v) is 4.18. The fourth-order valence-electron chi connectivity index (χ4n) is 0.754. The fraction of sp³-hybridized carbons (Fsp3) is 1.00. The second-order valence-corrected chi connectivity index (χ2v) is 6.37. The normalized spacial score (nSPS) is 13.2. The first-order valence-electron chi connectivity index (χ1n) is 4.37. The van der Waals surface area contributed by atoms with Crippen LogP contribution in [0.25, 0.3) is 0 Å². The molecule has 0 saturated carbocycles. The van der Waals surface area contributed by atoms with Gasteiger partial charge in [-0.3, -0.25) is 0 Å². The molecule has 0 rings (SSSR count). The summed E-state index contributed by atoms with van der Waals surface area (Å²) in [5, 5.41) is 0.695. The minimum Gasteiger partial charge on any atom is -0.179 e. The van der Waals surface area contributed by atoms with Crippen LogP contribution in [0, 0.1) is 0 Å². The van der Waals surface area contributed by atoms with E-state index < -0.39 is 0 Å². The number of hydrogen-bond donors (Lipinski definition) is 3. The molecule has 0 heterocycles. The van der Waals surface area contributed by atoms with Gasteiger partial charge in [0.1, 0.15) is 0 Å². The Morgan fingerprint density at radius 2 is 1.77 bits per heavy atom. The Labute approximate surface area is 107 Å². The zero-order valence-electron chi connectivity index (χ0n) is 7.69. The maximum atomic E-state index is 4.34. The van der Waals surface area contributed by atoms with Crippen LogP contribution >= 0.6 is 61.4 Å². The Balaban J connectivity index is 3.25. The molecule has 0 aromatic rings. The minimum absolute atomic E-state index is 0.695. The lowest BCUT2D eigenvalue weighted by molar-refractivity contribution is 1.11. The molecule has 1 atom stereocenters. The summed E-state index contributed by atoms with van der Waals surface area (Å²) in [6.45, 7) is 0. The second kappa shape index (κ2) is 11.8. The van der Waals surface area contributed by atoms with E-state index in [-0.39, 0.29) is 0 Å². The van der Waals surface area contributed by atoms with Crippen molar-refractivity contribution in [3.63, 3.8) is 0 Å². The van der Waals surface area contributed by atoms with Crippen LogP contribution in [-0.4, -0.2) is 39.8 Å². The topological polar surface area (TPSA) is 0 Å². The number of thiol groups is 3. The van der Waals surface area contributed by atoms with E-state index in [0.717, 1.165) is 23.0 Å². The van der Waals surface area contributed by atoms with Crippen LogP contribution < -0.4 is 0 Å². The average Bonchev–Trinajstić information content (AvgIpc) is 2.17. The van der Waals surface area contributed by atoms with Crippen LogP contribution in [-0.2, 0) is 0 Å². The van der Waals surface area contributed by atoms with Crippen molar-refractivity contribution in [3.05, 3.63) is 0 Å². The van der Waals surface area contributed by atoms with E-state index in [1.807, 2.05) is 23.5 Å². The van der Waals surface area contributed by atoms with Crippen molar-refractivity contribution in [1.82, 2.24) is 0 Å². The Bertz CT molecular complexity index is 98.5. The Morgan fingerprint density at radius 1 is 1.00 bits per heavy atom. The first-order chi connectivity index (χ1) is 6.35. The van der Waals surface area contributed by atoms with Crippen molar-refractivity contribution >= 4 is 61.4 Å². The Hall–Kier alpha value is 1.75. The molecule has 0 aliphatic carbocycles. The van der Waals surface area contributed by atoms with Gasteiger partial charge in [0, 0.05) is 22.5 Å². The Kier molecular flexibility index (Phi) is 13.4. The van der Waals surface area contributed by atoms with Crippen LogP contribution in [0.1, 0.15) is 6.42 Å². The van der Waals surface area contributed by atoms with Crippen LogP contribution in [0.5, 0.6) is 0 Å². The molecule has 0 spiro atoms. The zero-order valence-corrected chi connectivity index (χ0v) is 12.0. The van der Waals surface area contributed by atoms with Crippen LogP contribution in [0.4, 0.5) is 0 Å². The van der Waals surface area contributed by atoms with Crippen LogP contribution in [0.2, 0.25) is 0 Å². The summed E-state index contributed by atoms with van der Waals surface area (Å²) in [5.41, 5.74) is 0. The second-order valence-electron chi connectivity index (χ2n) is 2.55. The van der Waals surface area contributed by atoms with Crippen molar-refractivity contribution in [2.75, 3.05) is 34.5 Å². The largest absolute Gasteiger partial charge is 0.179 e. The highest BCUT2D eigenvalue weighted by Gasteiger charge is 2.05. The minimum atomic E-state index is 0.695. The molecule has 0 aliphatic heterocycles. The van der Waals surface area contributed by atoms with Gasteiger partial charge in [0.2, 0.25) is 0 Å². The van der Waals surface area contributed by atoms with Gasteiger partial charge in [0.05, 0.1) is 0 Å².